The second-order valence-electron chi connectivity index (χ2n) is 11.2. The number of amides is 3. The third-order valence-corrected chi connectivity index (χ3v) is 9.63. The van der Waals surface area contributed by atoms with Gasteiger partial charge in [-0.05, 0) is 32.4 Å². The highest BCUT2D eigenvalue weighted by molar-refractivity contribution is 8.00. The van der Waals surface area contributed by atoms with Gasteiger partial charge in [0.05, 0.1) is 10.9 Å². The third kappa shape index (κ3) is 6.46. The number of nitrogens with one attached hydrogen (secondary N) is 2. The fourth-order valence-corrected chi connectivity index (χ4v) is 6.84. The summed E-state index contributed by atoms with van der Waals surface area (Å²) in [5.41, 5.74) is 2.36. The molecule has 4 heterocycles. The maximum absolute atomic E-state index is 13.3. The number of nitrogens with zero attached hydrogens (tertiary/aromatic N) is 4. The zero-order chi connectivity index (χ0) is 35.9. The van der Waals surface area contributed by atoms with Gasteiger partial charge in [0.15, 0.2) is 22.3 Å². The number of phenolic OH excluding ortho intramolecular Hbond substituents is 2. The van der Waals surface area contributed by atoms with Crippen molar-refractivity contribution in [2.45, 2.75) is 44.3 Å². The largest absolute Gasteiger partial charge is 0.504 e. The zero-order valence-electron chi connectivity index (χ0n) is 25.9. The fraction of sp³-hybridized carbons (Fsp3) is 0.310. The van der Waals surface area contributed by atoms with Crippen molar-refractivity contribution in [3.8, 4) is 11.5 Å². The Morgan fingerprint density at radius 2 is 1.86 bits per heavy atom. The van der Waals surface area contributed by atoms with Gasteiger partial charge < -0.3 is 46.2 Å². The van der Waals surface area contributed by atoms with Crippen molar-refractivity contribution in [1.82, 2.24) is 25.1 Å². The minimum atomic E-state index is -1.82. The first-order valence-electron chi connectivity index (χ1n) is 14.3. The Balaban J connectivity index is 1.35. The van der Waals surface area contributed by atoms with Gasteiger partial charge in [-0.15, -0.1) is 23.1 Å². The first-order chi connectivity index (χ1) is 23.0. The number of nitrogen functional groups attached to an aromatic ring is 1. The van der Waals surface area contributed by atoms with Gasteiger partial charge in [0.1, 0.15) is 28.4 Å². The molecule has 1 aromatic carbocycles. The number of aromatic hydroxyl groups is 2. The molecule has 5 rings (SSSR count). The van der Waals surface area contributed by atoms with Crippen molar-refractivity contribution < 1.29 is 49.2 Å². The van der Waals surface area contributed by atoms with Crippen LogP contribution in [0.15, 0.2) is 44.9 Å². The molecule has 2 aliphatic rings. The Kier molecular flexibility index (Phi) is 9.28. The molecule has 8 N–H and O–H groups in total. The van der Waals surface area contributed by atoms with Crippen LogP contribution in [0.25, 0.3) is 10.9 Å². The quantitative estimate of drug-likeness (QED) is 0.0606. The lowest BCUT2D eigenvalue weighted by molar-refractivity contribution is -0.161. The van der Waals surface area contributed by atoms with Gasteiger partial charge in [0.2, 0.25) is 11.0 Å². The van der Waals surface area contributed by atoms with E-state index in [9.17, 15) is 49.2 Å². The first-order valence-corrected chi connectivity index (χ1v) is 16.3. The van der Waals surface area contributed by atoms with Gasteiger partial charge in [-0.2, -0.15) is 0 Å². The molecule has 1 fully saturated rings. The van der Waals surface area contributed by atoms with Gasteiger partial charge in [0.25, 0.3) is 17.7 Å². The molecule has 2 aromatic heterocycles. The number of carbonyl (C=O) groups is 5. The molecule has 0 bridgehead atoms. The van der Waals surface area contributed by atoms with Crippen LogP contribution in [-0.2, 0) is 30.6 Å². The minimum Gasteiger partial charge on any atom is -0.504 e. The minimum absolute atomic E-state index is 0.0193. The van der Waals surface area contributed by atoms with Gasteiger partial charge in [-0.1, -0.05) is 5.16 Å². The van der Waals surface area contributed by atoms with Crippen LogP contribution in [0.4, 0.5) is 5.13 Å². The Morgan fingerprint density at radius 3 is 2.47 bits per heavy atom. The molecular weight excluding hydrogens is 686 g/mol. The topological polar surface area (TPSA) is 276 Å². The van der Waals surface area contributed by atoms with Crippen LogP contribution in [0.2, 0.25) is 0 Å². The lowest BCUT2D eigenvalue weighted by Crippen LogP contribution is -2.71. The van der Waals surface area contributed by atoms with E-state index in [0.29, 0.717) is 6.54 Å². The number of β-lactam (4-membered cyclic amide) rings is 1. The number of anilines is 1. The van der Waals surface area contributed by atoms with Gasteiger partial charge >= 0.3 is 11.9 Å². The zero-order valence-corrected chi connectivity index (χ0v) is 27.5. The van der Waals surface area contributed by atoms with E-state index in [1.54, 1.807) is 6.92 Å². The third-order valence-electron chi connectivity index (χ3n) is 7.62. The van der Waals surface area contributed by atoms with Crippen LogP contribution in [-0.4, -0.2) is 99.6 Å². The van der Waals surface area contributed by atoms with E-state index in [2.05, 4.69) is 20.8 Å². The van der Waals surface area contributed by atoms with Crippen molar-refractivity contribution in [2.75, 3.05) is 18.0 Å². The van der Waals surface area contributed by atoms with Crippen LogP contribution in [0.3, 0.4) is 0 Å². The number of benzene rings is 1. The molecule has 0 saturated carbocycles. The van der Waals surface area contributed by atoms with Gasteiger partial charge in [-0.25, -0.2) is 14.6 Å². The summed E-state index contributed by atoms with van der Waals surface area (Å²) in [4.78, 5) is 86.7. The van der Waals surface area contributed by atoms with E-state index in [1.807, 2.05) is 0 Å². The molecule has 3 amide bonds. The predicted octanol–water partition coefficient (Wildman–Crippen LogP) is 0.224. The molecule has 2 aliphatic heterocycles. The van der Waals surface area contributed by atoms with E-state index < -0.39 is 75.0 Å². The number of aromatic nitrogens is 2. The highest BCUT2D eigenvalue weighted by Crippen LogP contribution is 2.40. The smallest absolute Gasteiger partial charge is 0.352 e. The van der Waals surface area contributed by atoms with Crippen LogP contribution in [0.1, 0.15) is 36.8 Å². The highest BCUT2D eigenvalue weighted by atomic mass is 32.2. The summed E-state index contributed by atoms with van der Waals surface area (Å²) in [6.07, 6.45) is 1.28. The molecule has 20 heteroatoms. The van der Waals surface area contributed by atoms with Crippen LogP contribution in [0.5, 0.6) is 11.5 Å². The average Bonchev–Trinajstić information content (AvgIpc) is 3.48. The molecule has 1 unspecified atom stereocenters. The summed E-state index contributed by atoms with van der Waals surface area (Å²) >= 11 is 2.08. The van der Waals surface area contributed by atoms with Crippen molar-refractivity contribution in [1.29, 1.82) is 0 Å². The number of fused-ring (bicyclic) bond motifs is 2. The second-order valence-corrected chi connectivity index (χ2v) is 13.2. The first kappa shape index (κ1) is 34.7. The average molecular weight is 716 g/mol. The van der Waals surface area contributed by atoms with E-state index >= 15 is 0 Å². The van der Waals surface area contributed by atoms with E-state index in [1.165, 1.54) is 36.1 Å². The maximum Gasteiger partial charge on any atom is 0.352 e. The number of aryl methyl sites for hydroxylation is 1. The number of oxime groups is 1. The Bertz CT molecular complexity index is 2050. The summed E-state index contributed by atoms with van der Waals surface area (Å²) in [6.45, 7) is 4.11. The molecular formula is C29H29N7O11S2. The number of thioether (sulfide) groups is 1. The van der Waals surface area contributed by atoms with Crippen LogP contribution >= 0.6 is 23.1 Å². The summed E-state index contributed by atoms with van der Waals surface area (Å²) < 4.78 is 1.53. The van der Waals surface area contributed by atoms with Gasteiger partial charge in [0, 0.05) is 36.5 Å². The number of carboxylic acids is 2. The maximum atomic E-state index is 13.3. The molecule has 0 radical (unpaired) electrons. The molecule has 0 spiro atoms. The molecule has 2 atom stereocenters. The summed E-state index contributed by atoms with van der Waals surface area (Å²) in [7, 11) is 0. The van der Waals surface area contributed by atoms with E-state index in [-0.39, 0.29) is 45.2 Å². The standard InChI is InChI=1S/C29H29N7O11S2/c1-4-35-8-13(21(39)12-5-16(37)17(38)6-15(12)35)22(40)31-7-11-9-48-25-19(24(42)36(25)20(11)26(43)44)33-23(41)18(14-10-49-28(30)32-14)34-47-29(2,3)27(45)46/h5-6,8,10,19,25,37-38H,4,7,9H2,1-3H3,(H2,30,32)(H,31,40)(H,33,41)(H,43,44)(H,45,46)/b34-18-/t19-,25?/m1/s1. The molecule has 258 valence electrons. The number of phenols is 2. The monoisotopic (exact) mass is 715 g/mol. The molecule has 0 aliphatic carbocycles. The molecule has 18 nitrogen and oxygen atoms in total. The van der Waals surface area contributed by atoms with E-state index in [4.69, 9.17) is 10.6 Å². The number of pyridine rings is 1. The van der Waals surface area contributed by atoms with E-state index in [0.717, 1.165) is 34.1 Å². The lowest BCUT2D eigenvalue weighted by atomic mass is 10.0. The van der Waals surface area contributed by atoms with Crippen molar-refractivity contribution in [3.63, 3.8) is 0 Å². The lowest BCUT2D eigenvalue weighted by Gasteiger charge is -2.49. The molecule has 3 aromatic rings. The number of aliphatic carboxylic acids is 2. The second kappa shape index (κ2) is 13.1. The van der Waals surface area contributed by atoms with Crippen LogP contribution in [0, 0.1) is 0 Å². The van der Waals surface area contributed by atoms with Gasteiger partial charge in [-0.3, -0.25) is 24.1 Å². The number of nitrogens with two attached hydrogens (primary N) is 1. The predicted molar refractivity (Wildman–Crippen MR) is 175 cm³/mol. The normalized spacial score (nSPS) is 17.7. The Labute approximate surface area is 283 Å². The number of rotatable bonds is 11. The SMILES string of the molecule is CCn1cc(C(=O)NCC2=C(C(=O)O)N3C(=O)[C@@H](NC(=O)/C(=N\OC(C)(C)C(=O)O)c4csc(N)n4)C3SC2)c(=O)c2cc(O)c(O)cc21. The Morgan fingerprint density at radius 1 is 1.16 bits per heavy atom. The van der Waals surface area contributed by atoms with Crippen molar-refractivity contribution >= 4 is 74.5 Å². The summed E-state index contributed by atoms with van der Waals surface area (Å²) in [6, 6.07) is 1.04. The summed E-state index contributed by atoms with van der Waals surface area (Å²) in [5, 5.41) is 48.5. The van der Waals surface area contributed by atoms with Crippen molar-refractivity contribution in [3.05, 3.63) is 56.5 Å². The highest BCUT2D eigenvalue weighted by Gasteiger charge is 2.54. The van der Waals surface area contributed by atoms with Crippen LogP contribution < -0.4 is 21.8 Å². The number of thiazole rings is 1. The number of carboxylic acid groups (broad SMARTS) is 2. The number of carbonyl (C=O) groups excluding carboxylic acids is 3. The molecule has 1 saturated heterocycles. The fourth-order valence-electron chi connectivity index (χ4n) is 4.95. The number of hydrogen-bond acceptors (Lipinski definition) is 14. The summed E-state index contributed by atoms with van der Waals surface area (Å²) in [5.74, 6) is -6.38. The number of hydrogen-bond donors (Lipinski definition) is 7. The molecule has 49 heavy (non-hydrogen) atoms. The Hall–Kier alpha value is -5.63. The van der Waals surface area contributed by atoms with Crippen molar-refractivity contribution in [2.24, 2.45) is 5.16 Å².